The van der Waals surface area contributed by atoms with Crippen molar-refractivity contribution in [1.29, 1.82) is 0 Å². The second kappa shape index (κ2) is 9.18. The SMILES string of the molecule is Cc1cc([C@H]2[C@@H](c3ccccn3)NC(=S)N2CCC(=O)Nc2ccccc2F)c(C)n1C1CC1. The quantitative estimate of drug-likeness (QED) is 0.470. The first-order valence-electron chi connectivity index (χ1n) is 11.6. The molecule has 2 aromatic heterocycles. The highest BCUT2D eigenvalue weighted by Gasteiger charge is 2.42. The van der Waals surface area contributed by atoms with Gasteiger partial charge >= 0.3 is 0 Å². The first-order chi connectivity index (χ1) is 16.4. The summed E-state index contributed by atoms with van der Waals surface area (Å²) in [6.07, 6.45) is 4.39. The number of aromatic nitrogens is 2. The molecule has 176 valence electrons. The summed E-state index contributed by atoms with van der Waals surface area (Å²) in [6.45, 7) is 4.73. The Morgan fingerprint density at radius 1 is 1.21 bits per heavy atom. The number of amides is 1. The number of carbonyl (C=O) groups excluding carboxylic acids is 1. The molecule has 1 aliphatic carbocycles. The summed E-state index contributed by atoms with van der Waals surface area (Å²) in [5.74, 6) is -0.703. The lowest BCUT2D eigenvalue weighted by atomic mass is 9.96. The van der Waals surface area contributed by atoms with Crippen LogP contribution < -0.4 is 10.6 Å². The van der Waals surface area contributed by atoms with Gasteiger partial charge in [-0.1, -0.05) is 18.2 Å². The minimum Gasteiger partial charge on any atom is -0.352 e. The fraction of sp³-hybridized carbons (Fsp3) is 0.346. The van der Waals surface area contributed by atoms with Crippen molar-refractivity contribution in [3.63, 3.8) is 0 Å². The van der Waals surface area contributed by atoms with Crippen LogP contribution in [0, 0.1) is 19.7 Å². The van der Waals surface area contributed by atoms with E-state index in [0.29, 0.717) is 17.7 Å². The molecule has 5 rings (SSSR count). The van der Waals surface area contributed by atoms with Gasteiger partial charge in [0.2, 0.25) is 5.91 Å². The van der Waals surface area contributed by atoms with Crippen molar-refractivity contribution < 1.29 is 9.18 Å². The van der Waals surface area contributed by atoms with Crippen molar-refractivity contribution in [2.24, 2.45) is 0 Å². The Balaban J connectivity index is 1.42. The number of benzene rings is 1. The number of aryl methyl sites for hydroxylation is 1. The molecule has 1 saturated carbocycles. The van der Waals surface area contributed by atoms with E-state index < -0.39 is 5.82 Å². The van der Waals surface area contributed by atoms with E-state index in [1.54, 1.807) is 24.4 Å². The molecule has 1 saturated heterocycles. The van der Waals surface area contributed by atoms with Crippen LogP contribution in [0.1, 0.15) is 60.0 Å². The number of hydrogen-bond acceptors (Lipinski definition) is 3. The molecule has 1 aromatic carbocycles. The molecule has 2 N–H and O–H groups in total. The highest BCUT2D eigenvalue weighted by molar-refractivity contribution is 7.80. The van der Waals surface area contributed by atoms with Gasteiger partial charge in [0.1, 0.15) is 5.82 Å². The molecular formula is C26H28FN5OS. The Morgan fingerprint density at radius 3 is 2.68 bits per heavy atom. The van der Waals surface area contributed by atoms with E-state index in [-0.39, 0.29) is 30.1 Å². The zero-order valence-corrected chi connectivity index (χ0v) is 20.1. The molecule has 3 aromatic rings. The van der Waals surface area contributed by atoms with Crippen molar-refractivity contribution in [2.45, 2.75) is 51.2 Å². The molecule has 0 unspecified atom stereocenters. The Morgan fingerprint density at radius 2 is 1.97 bits per heavy atom. The topological polar surface area (TPSA) is 62.2 Å². The molecule has 34 heavy (non-hydrogen) atoms. The number of carbonyl (C=O) groups is 1. The van der Waals surface area contributed by atoms with Crippen molar-refractivity contribution in [1.82, 2.24) is 19.8 Å². The molecule has 0 bridgehead atoms. The highest BCUT2D eigenvalue weighted by atomic mass is 32.1. The minimum absolute atomic E-state index is 0.0950. The fourth-order valence-corrected chi connectivity index (χ4v) is 5.31. The molecule has 8 heteroatoms. The molecule has 2 fully saturated rings. The monoisotopic (exact) mass is 477 g/mol. The van der Waals surface area contributed by atoms with Crippen LogP contribution >= 0.6 is 12.2 Å². The van der Waals surface area contributed by atoms with Crippen LogP contribution in [0.15, 0.2) is 54.7 Å². The molecule has 3 heterocycles. The summed E-state index contributed by atoms with van der Waals surface area (Å²) < 4.78 is 16.4. The fourth-order valence-electron chi connectivity index (χ4n) is 4.98. The lowest BCUT2D eigenvalue weighted by Crippen LogP contribution is -2.33. The average Bonchev–Trinajstić information content (AvgIpc) is 3.54. The van der Waals surface area contributed by atoms with E-state index in [9.17, 15) is 9.18 Å². The van der Waals surface area contributed by atoms with Gasteiger partial charge in [0.05, 0.1) is 23.5 Å². The largest absolute Gasteiger partial charge is 0.352 e. The molecule has 1 aliphatic heterocycles. The first-order valence-corrected chi connectivity index (χ1v) is 12.1. The highest BCUT2D eigenvalue weighted by Crippen LogP contribution is 2.44. The van der Waals surface area contributed by atoms with Crippen LogP contribution in [-0.2, 0) is 4.79 Å². The van der Waals surface area contributed by atoms with Crippen LogP contribution in [-0.4, -0.2) is 32.0 Å². The predicted octanol–water partition coefficient (Wildman–Crippen LogP) is 4.98. The van der Waals surface area contributed by atoms with Gasteiger partial charge in [0.15, 0.2) is 5.11 Å². The summed E-state index contributed by atoms with van der Waals surface area (Å²) in [7, 11) is 0. The van der Waals surface area contributed by atoms with Crippen LogP contribution in [0.3, 0.4) is 0 Å². The smallest absolute Gasteiger partial charge is 0.226 e. The third-order valence-corrected chi connectivity index (χ3v) is 7.03. The van der Waals surface area contributed by atoms with Crippen LogP contribution in [0.2, 0.25) is 0 Å². The standard InChI is InChI=1S/C26H28FN5OS/c1-16-15-19(17(2)32(16)18-10-11-18)25-24(22-9-5-6-13-28-22)30-26(34)31(25)14-12-23(33)29-21-8-4-3-7-20(21)27/h3-9,13,15,18,24-25H,10-12,14H2,1-2H3,(H,29,33)(H,30,34)/t24-,25+/m1/s1. The van der Waals surface area contributed by atoms with E-state index in [4.69, 9.17) is 12.2 Å². The predicted molar refractivity (Wildman–Crippen MR) is 134 cm³/mol. The van der Waals surface area contributed by atoms with Crippen molar-refractivity contribution in [3.05, 3.63) is 83.2 Å². The minimum atomic E-state index is -0.449. The lowest BCUT2D eigenvalue weighted by Gasteiger charge is -2.28. The number of para-hydroxylation sites is 1. The Kier molecular flexibility index (Phi) is 6.08. The normalized spacial score (nSPS) is 19.9. The average molecular weight is 478 g/mol. The molecule has 1 amide bonds. The first kappa shape index (κ1) is 22.5. The van der Waals surface area contributed by atoms with Gasteiger partial charge in [0, 0.05) is 36.6 Å². The number of halogens is 1. The van der Waals surface area contributed by atoms with Gasteiger partial charge < -0.3 is 20.1 Å². The van der Waals surface area contributed by atoms with E-state index in [0.717, 1.165) is 5.69 Å². The Bertz CT molecular complexity index is 1220. The maximum atomic E-state index is 14.0. The third kappa shape index (κ3) is 4.30. The van der Waals surface area contributed by atoms with Crippen LogP contribution in [0.5, 0.6) is 0 Å². The zero-order chi connectivity index (χ0) is 23.8. The van der Waals surface area contributed by atoms with Gasteiger partial charge in [-0.05, 0) is 74.8 Å². The van der Waals surface area contributed by atoms with Crippen LogP contribution in [0.25, 0.3) is 0 Å². The summed E-state index contributed by atoms with van der Waals surface area (Å²) in [5.41, 5.74) is 4.76. The van der Waals surface area contributed by atoms with E-state index in [1.807, 2.05) is 18.2 Å². The van der Waals surface area contributed by atoms with Gasteiger partial charge in [-0.15, -0.1) is 0 Å². The number of nitrogens with zero attached hydrogens (tertiary/aromatic N) is 3. The Hall–Kier alpha value is -3.26. The number of rotatable bonds is 7. The maximum Gasteiger partial charge on any atom is 0.226 e. The number of nitrogens with one attached hydrogen (secondary N) is 2. The van der Waals surface area contributed by atoms with Gasteiger partial charge in [-0.25, -0.2) is 4.39 Å². The molecule has 2 atom stereocenters. The van der Waals surface area contributed by atoms with E-state index >= 15 is 0 Å². The van der Waals surface area contributed by atoms with Crippen molar-refractivity contribution in [3.8, 4) is 0 Å². The molecule has 0 radical (unpaired) electrons. The number of pyridine rings is 1. The second-order valence-electron chi connectivity index (χ2n) is 9.03. The van der Waals surface area contributed by atoms with Crippen LogP contribution in [0.4, 0.5) is 10.1 Å². The number of hydrogen-bond donors (Lipinski definition) is 2. The van der Waals surface area contributed by atoms with E-state index in [1.165, 1.54) is 35.9 Å². The molecule has 2 aliphatic rings. The molecular weight excluding hydrogens is 449 g/mol. The summed E-state index contributed by atoms with van der Waals surface area (Å²) in [5, 5.41) is 6.71. The maximum absolute atomic E-state index is 14.0. The van der Waals surface area contributed by atoms with Crippen molar-refractivity contribution in [2.75, 3.05) is 11.9 Å². The number of thiocarbonyl (C=S) groups is 1. The summed E-state index contributed by atoms with van der Waals surface area (Å²) >= 11 is 5.73. The molecule has 0 spiro atoms. The van der Waals surface area contributed by atoms with Gasteiger partial charge in [-0.2, -0.15) is 0 Å². The van der Waals surface area contributed by atoms with Crippen molar-refractivity contribution >= 4 is 28.9 Å². The summed E-state index contributed by atoms with van der Waals surface area (Å²) in [4.78, 5) is 19.3. The molecule has 6 nitrogen and oxygen atoms in total. The van der Waals surface area contributed by atoms with E-state index in [2.05, 4.69) is 45.0 Å². The number of anilines is 1. The third-order valence-electron chi connectivity index (χ3n) is 6.68. The van der Waals surface area contributed by atoms with Gasteiger partial charge in [-0.3, -0.25) is 9.78 Å². The second-order valence-corrected chi connectivity index (χ2v) is 9.41. The lowest BCUT2D eigenvalue weighted by molar-refractivity contribution is -0.116. The summed E-state index contributed by atoms with van der Waals surface area (Å²) in [6, 6.07) is 14.7. The zero-order valence-electron chi connectivity index (χ0n) is 19.3. The van der Waals surface area contributed by atoms with Gasteiger partial charge in [0.25, 0.3) is 0 Å². The Labute approximate surface area is 204 Å².